The molecule has 210 valence electrons. The van der Waals surface area contributed by atoms with Gasteiger partial charge in [-0.25, -0.2) is 0 Å². The number of aromatic nitrogens is 3. The van der Waals surface area contributed by atoms with E-state index < -0.39 is 0 Å². The number of nitrogens with two attached hydrogens (primary N) is 1. The first-order valence-electron chi connectivity index (χ1n) is 14.1. The molecular formula is C35H34N6O. The van der Waals surface area contributed by atoms with Crippen molar-refractivity contribution >= 4 is 58.7 Å². The largest absolute Gasteiger partial charge is 0.486 e. The fourth-order valence-electron chi connectivity index (χ4n) is 5.67. The second-order valence-corrected chi connectivity index (χ2v) is 10.2. The predicted octanol–water partition coefficient (Wildman–Crippen LogP) is 7.83. The van der Waals surface area contributed by atoms with Gasteiger partial charge in [0, 0.05) is 29.7 Å². The monoisotopic (exact) mass is 554 g/mol. The average Bonchev–Trinajstić information content (AvgIpc) is 3.50. The highest BCUT2D eigenvalue weighted by Crippen LogP contribution is 2.39. The topological polar surface area (TPSA) is 82.4 Å². The number of nitrogen functional groups attached to an aromatic ring is 1. The molecule has 7 heteroatoms. The highest BCUT2D eigenvalue weighted by Gasteiger charge is 2.22. The molecule has 4 aromatic rings. The van der Waals surface area contributed by atoms with Crippen LogP contribution < -0.4 is 15.8 Å². The summed E-state index contributed by atoms with van der Waals surface area (Å²) >= 11 is 0. The number of hydrogen-bond donors (Lipinski definition) is 2. The van der Waals surface area contributed by atoms with Gasteiger partial charge >= 0.3 is 0 Å². The van der Waals surface area contributed by atoms with Gasteiger partial charge in [0.15, 0.2) is 0 Å². The molecule has 0 radical (unpaired) electrons. The van der Waals surface area contributed by atoms with E-state index in [0.29, 0.717) is 17.8 Å². The summed E-state index contributed by atoms with van der Waals surface area (Å²) in [5.41, 5.74) is 16.8. The van der Waals surface area contributed by atoms with Crippen LogP contribution in [-0.4, -0.2) is 33.5 Å². The van der Waals surface area contributed by atoms with E-state index in [1.165, 1.54) is 0 Å². The molecule has 0 saturated heterocycles. The summed E-state index contributed by atoms with van der Waals surface area (Å²) < 4.78 is 10.8. The van der Waals surface area contributed by atoms with Crippen molar-refractivity contribution in [3.63, 3.8) is 0 Å². The smallest absolute Gasteiger partial charge is 0.123 e. The molecule has 0 fully saturated rings. The zero-order valence-corrected chi connectivity index (χ0v) is 23.9. The predicted molar refractivity (Wildman–Crippen MR) is 178 cm³/mol. The molecule has 42 heavy (non-hydrogen) atoms. The molecule has 6 rings (SSSR count). The van der Waals surface area contributed by atoms with Crippen LogP contribution in [0.25, 0.3) is 40.6 Å². The van der Waals surface area contributed by atoms with E-state index in [9.17, 15) is 0 Å². The fourth-order valence-corrected chi connectivity index (χ4v) is 5.67. The number of hydrogen-bond acceptors (Lipinski definition) is 5. The van der Waals surface area contributed by atoms with Crippen LogP contribution in [-0.2, 0) is 6.42 Å². The number of fused-ring (bicyclic) bond motifs is 4. The summed E-state index contributed by atoms with van der Waals surface area (Å²) in [6.07, 6.45) is 22.5. The number of nitrogens with one attached hydrogen (secondary N) is 1. The molecule has 0 saturated carbocycles. The minimum atomic E-state index is -0.158. The normalized spacial score (nSPS) is 18.3. The number of aliphatic imine (C=N–C) groups is 1. The third kappa shape index (κ3) is 4.59. The zero-order chi connectivity index (χ0) is 29.2. The van der Waals surface area contributed by atoms with Gasteiger partial charge in [0.05, 0.1) is 34.0 Å². The van der Waals surface area contributed by atoms with Gasteiger partial charge < -0.3 is 24.9 Å². The number of nitrogens with zero attached hydrogens (tertiary/aromatic N) is 4. The molecule has 3 N–H and O–H groups in total. The van der Waals surface area contributed by atoms with Crippen LogP contribution >= 0.6 is 0 Å². The SMILES string of the molecule is C=C/C=C\c1c(N)c(N=C)c(/C=C\C)n1C1=C/Cc2cc(-n3c4c(c5ncccc53)NCC=C4)ccc2OC(C)/C=C\1. The van der Waals surface area contributed by atoms with Gasteiger partial charge in [0.25, 0.3) is 0 Å². The molecule has 3 aromatic heterocycles. The van der Waals surface area contributed by atoms with Crippen LogP contribution in [0, 0.1) is 0 Å². The lowest BCUT2D eigenvalue weighted by atomic mass is 10.1. The standard InChI is InChI=1S/C35H34N6O/c1-5-7-11-27-32(36)33(37-4)28(10-6-2)40(27)25-16-14-23(3)42-31-19-18-26(22-24(31)15-17-25)41-29-12-8-20-38-34(29)35-30(41)13-9-21-39-35/h5-14,16-20,22-23,39H,1,4,15,21,36H2,2-3H3/b10-6-,11-7-,16-14-,25-17+. The molecule has 1 aromatic carbocycles. The van der Waals surface area contributed by atoms with E-state index in [0.717, 1.165) is 63.0 Å². The summed E-state index contributed by atoms with van der Waals surface area (Å²) in [5, 5.41) is 3.51. The van der Waals surface area contributed by atoms with Crippen molar-refractivity contribution in [1.29, 1.82) is 0 Å². The summed E-state index contributed by atoms with van der Waals surface area (Å²) in [7, 11) is 0. The molecule has 5 heterocycles. The van der Waals surface area contributed by atoms with Gasteiger partial charge in [-0.05, 0) is 87.7 Å². The lowest BCUT2D eigenvalue weighted by Crippen LogP contribution is -2.10. The first-order chi connectivity index (χ1) is 20.5. The number of benzene rings is 1. The molecule has 7 nitrogen and oxygen atoms in total. The minimum Gasteiger partial charge on any atom is -0.486 e. The molecular weight excluding hydrogens is 520 g/mol. The van der Waals surface area contributed by atoms with Crippen molar-refractivity contribution in [3.05, 3.63) is 108 Å². The number of anilines is 2. The Morgan fingerprint density at radius 2 is 2.05 bits per heavy atom. The van der Waals surface area contributed by atoms with Gasteiger partial charge in [0.1, 0.15) is 23.1 Å². The van der Waals surface area contributed by atoms with Crippen molar-refractivity contribution in [2.75, 3.05) is 17.6 Å². The Labute approximate surface area is 246 Å². The minimum absolute atomic E-state index is 0.158. The Hall–Kier alpha value is -5.30. The van der Waals surface area contributed by atoms with E-state index in [2.05, 4.69) is 92.4 Å². The molecule has 0 bridgehead atoms. The highest BCUT2D eigenvalue weighted by atomic mass is 16.5. The first-order valence-corrected chi connectivity index (χ1v) is 14.1. The maximum absolute atomic E-state index is 6.60. The number of rotatable bonds is 6. The number of ether oxygens (including phenoxy) is 1. The Bertz CT molecular complexity index is 1860. The molecule has 1 atom stereocenters. The lowest BCUT2D eigenvalue weighted by molar-refractivity contribution is 0.268. The highest BCUT2D eigenvalue weighted by molar-refractivity contribution is 5.97. The van der Waals surface area contributed by atoms with Crippen LogP contribution in [0.15, 0.2) is 90.6 Å². The van der Waals surface area contributed by atoms with Crippen LogP contribution in [0.1, 0.15) is 36.5 Å². The van der Waals surface area contributed by atoms with E-state index in [4.69, 9.17) is 10.5 Å². The van der Waals surface area contributed by atoms with Crippen molar-refractivity contribution in [3.8, 4) is 11.4 Å². The van der Waals surface area contributed by atoms with Crippen LogP contribution in [0.5, 0.6) is 5.75 Å². The van der Waals surface area contributed by atoms with E-state index >= 15 is 0 Å². The molecule has 1 unspecified atom stereocenters. The molecule has 0 amide bonds. The quantitative estimate of drug-likeness (QED) is 0.188. The fraction of sp³-hybridized carbons (Fsp3) is 0.143. The summed E-state index contributed by atoms with van der Waals surface area (Å²) in [4.78, 5) is 8.97. The van der Waals surface area contributed by atoms with Crippen LogP contribution in [0.3, 0.4) is 0 Å². The first kappa shape index (κ1) is 26.9. The van der Waals surface area contributed by atoms with E-state index in [1.807, 2.05) is 50.4 Å². The molecule has 0 spiro atoms. The molecule has 2 aliphatic heterocycles. The van der Waals surface area contributed by atoms with E-state index in [1.54, 1.807) is 6.08 Å². The Morgan fingerprint density at radius 3 is 2.86 bits per heavy atom. The zero-order valence-electron chi connectivity index (χ0n) is 23.9. The third-order valence-electron chi connectivity index (χ3n) is 7.50. The second-order valence-electron chi connectivity index (χ2n) is 10.2. The summed E-state index contributed by atoms with van der Waals surface area (Å²) in [5.74, 6) is 0.853. The Kier molecular flexibility index (Phi) is 7.23. The van der Waals surface area contributed by atoms with E-state index in [-0.39, 0.29) is 6.10 Å². The van der Waals surface area contributed by atoms with Crippen molar-refractivity contribution < 1.29 is 4.74 Å². The maximum atomic E-state index is 6.60. The number of pyridine rings is 1. The van der Waals surface area contributed by atoms with Gasteiger partial charge in [-0.15, -0.1) is 0 Å². The second kappa shape index (κ2) is 11.3. The Morgan fingerprint density at radius 1 is 1.17 bits per heavy atom. The molecule has 2 aliphatic rings. The van der Waals surface area contributed by atoms with Crippen LogP contribution in [0.2, 0.25) is 0 Å². The van der Waals surface area contributed by atoms with Crippen LogP contribution in [0.4, 0.5) is 17.1 Å². The average molecular weight is 555 g/mol. The number of allylic oxidation sites excluding steroid dienone is 6. The van der Waals surface area contributed by atoms with Crippen molar-refractivity contribution in [2.24, 2.45) is 4.99 Å². The van der Waals surface area contributed by atoms with Gasteiger partial charge in [0.2, 0.25) is 0 Å². The maximum Gasteiger partial charge on any atom is 0.123 e. The van der Waals surface area contributed by atoms with Crippen molar-refractivity contribution in [1.82, 2.24) is 14.1 Å². The third-order valence-corrected chi connectivity index (χ3v) is 7.50. The van der Waals surface area contributed by atoms with Crippen molar-refractivity contribution in [2.45, 2.75) is 26.4 Å². The van der Waals surface area contributed by atoms with Gasteiger partial charge in [-0.2, -0.15) is 0 Å². The molecule has 0 aliphatic carbocycles. The Balaban J connectivity index is 1.52. The van der Waals surface area contributed by atoms with Gasteiger partial charge in [-0.1, -0.05) is 37.0 Å². The summed E-state index contributed by atoms with van der Waals surface area (Å²) in [6.45, 7) is 12.4. The van der Waals surface area contributed by atoms with Gasteiger partial charge in [-0.3, -0.25) is 9.98 Å². The lowest BCUT2D eigenvalue weighted by Gasteiger charge is -2.17. The summed E-state index contributed by atoms with van der Waals surface area (Å²) in [6, 6.07) is 10.5.